The first-order valence-electron chi connectivity index (χ1n) is 5.81. The second-order valence-corrected chi connectivity index (χ2v) is 4.42. The van der Waals surface area contributed by atoms with Crippen molar-refractivity contribution < 1.29 is 4.42 Å². The lowest BCUT2D eigenvalue weighted by molar-refractivity contribution is 0.629. The smallest absolute Gasteiger partial charge is 0.138 e. The highest BCUT2D eigenvalue weighted by Crippen LogP contribution is 2.32. The van der Waals surface area contributed by atoms with Gasteiger partial charge in [-0.25, -0.2) is 0 Å². The summed E-state index contributed by atoms with van der Waals surface area (Å²) in [6.07, 6.45) is 0. The molecule has 0 saturated carbocycles. The maximum absolute atomic E-state index is 5.92. The SMILES string of the molecule is Cc1ccc(-c2oc3ccccc3c2C)cc1. The molecule has 17 heavy (non-hydrogen) atoms. The van der Waals surface area contributed by atoms with E-state index in [0.29, 0.717) is 0 Å². The minimum absolute atomic E-state index is 0.959. The average molecular weight is 222 g/mol. The van der Waals surface area contributed by atoms with E-state index in [1.54, 1.807) is 0 Å². The Morgan fingerprint density at radius 3 is 2.24 bits per heavy atom. The molecule has 84 valence electrons. The fourth-order valence-electron chi connectivity index (χ4n) is 2.15. The molecular weight excluding hydrogens is 208 g/mol. The maximum atomic E-state index is 5.92. The predicted octanol–water partition coefficient (Wildman–Crippen LogP) is 4.72. The Morgan fingerprint density at radius 2 is 1.53 bits per heavy atom. The van der Waals surface area contributed by atoms with Gasteiger partial charge < -0.3 is 4.42 Å². The molecule has 1 aromatic heterocycles. The molecule has 0 aliphatic rings. The van der Waals surface area contributed by atoms with Crippen molar-refractivity contribution in [3.05, 3.63) is 59.7 Å². The molecule has 1 heteroatoms. The van der Waals surface area contributed by atoms with Crippen LogP contribution in [0.1, 0.15) is 11.1 Å². The van der Waals surface area contributed by atoms with Gasteiger partial charge in [0.05, 0.1) is 0 Å². The second kappa shape index (κ2) is 3.77. The van der Waals surface area contributed by atoms with E-state index >= 15 is 0 Å². The third-order valence-corrected chi connectivity index (χ3v) is 3.16. The molecule has 0 unspecified atom stereocenters. The number of furan rings is 1. The molecule has 0 atom stereocenters. The lowest BCUT2D eigenvalue weighted by atomic mass is 10.1. The van der Waals surface area contributed by atoms with E-state index in [4.69, 9.17) is 4.42 Å². The van der Waals surface area contributed by atoms with Crippen LogP contribution in [-0.4, -0.2) is 0 Å². The monoisotopic (exact) mass is 222 g/mol. The fraction of sp³-hybridized carbons (Fsp3) is 0.125. The molecular formula is C16H14O. The highest BCUT2D eigenvalue weighted by molar-refractivity contribution is 5.87. The number of hydrogen-bond acceptors (Lipinski definition) is 1. The summed E-state index contributed by atoms with van der Waals surface area (Å²) in [5.74, 6) is 0.978. The third kappa shape index (κ3) is 1.64. The summed E-state index contributed by atoms with van der Waals surface area (Å²) in [5, 5.41) is 1.20. The van der Waals surface area contributed by atoms with Crippen molar-refractivity contribution in [1.82, 2.24) is 0 Å². The number of benzene rings is 2. The maximum Gasteiger partial charge on any atom is 0.138 e. The first-order chi connectivity index (χ1) is 8.25. The summed E-state index contributed by atoms with van der Waals surface area (Å²) in [7, 11) is 0. The van der Waals surface area contributed by atoms with Gasteiger partial charge in [0.25, 0.3) is 0 Å². The van der Waals surface area contributed by atoms with E-state index in [0.717, 1.165) is 16.9 Å². The van der Waals surface area contributed by atoms with Gasteiger partial charge in [-0.05, 0) is 19.9 Å². The highest BCUT2D eigenvalue weighted by Gasteiger charge is 2.11. The van der Waals surface area contributed by atoms with E-state index in [1.165, 1.54) is 16.5 Å². The van der Waals surface area contributed by atoms with Crippen molar-refractivity contribution >= 4 is 11.0 Å². The Balaban J connectivity index is 2.24. The van der Waals surface area contributed by atoms with Gasteiger partial charge in [0, 0.05) is 16.5 Å². The number of rotatable bonds is 1. The number of hydrogen-bond donors (Lipinski definition) is 0. The molecule has 0 fully saturated rings. The molecule has 0 amide bonds. The Labute approximate surface area is 101 Å². The highest BCUT2D eigenvalue weighted by atomic mass is 16.3. The first kappa shape index (κ1) is 10.2. The Hall–Kier alpha value is -2.02. The quantitative estimate of drug-likeness (QED) is 0.580. The van der Waals surface area contributed by atoms with Gasteiger partial charge in [-0.1, -0.05) is 48.0 Å². The normalized spacial score (nSPS) is 10.9. The molecule has 2 aromatic carbocycles. The molecule has 0 saturated heterocycles. The van der Waals surface area contributed by atoms with Crippen LogP contribution in [0.2, 0.25) is 0 Å². The first-order valence-corrected chi connectivity index (χ1v) is 5.81. The summed E-state index contributed by atoms with van der Waals surface area (Å²) in [6, 6.07) is 16.6. The van der Waals surface area contributed by atoms with Crippen molar-refractivity contribution in [2.45, 2.75) is 13.8 Å². The van der Waals surface area contributed by atoms with Gasteiger partial charge in [-0.3, -0.25) is 0 Å². The van der Waals surface area contributed by atoms with Crippen molar-refractivity contribution in [3.63, 3.8) is 0 Å². The molecule has 0 aliphatic heterocycles. The molecule has 3 aromatic rings. The zero-order valence-corrected chi connectivity index (χ0v) is 10.0. The number of para-hydroxylation sites is 1. The van der Waals surface area contributed by atoms with Gasteiger partial charge in [0.2, 0.25) is 0 Å². The molecule has 0 spiro atoms. The molecule has 0 N–H and O–H groups in total. The molecule has 1 nitrogen and oxygen atoms in total. The van der Waals surface area contributed by atoms with Gasteiger partial charge in [0.1, 0.15) is 11.3 Å². The zero-order valence-electron chi connectivity index (χ0n) is 10.0. The zero-order chi connectivity index (χ0) is 11.8. The molecule has 0 radical (unpaired) electrons. The van der Waals surface area contributed by atoms with Crippen LogP contribution in [-0.2, 0) is 0 Å². The van der Waals surface area contributed by atoms with E-state index < -0.39 is 0 Å². The van der Waals surface area contributed by atoms with Crippen LogP contribution in [0.4, 0.5) is 0 Å². The summed E-state index contributed by atoms with van der Waals surface area (Å²) in [6.45, 7) is 4.20. The average Bonchev–Trinajstić information content (AvgIpc) is 2.69. The van der Waals surface area contributed by atoms with Crippen molar-refractivity contribution in [3.8, 4) is 11.3 Å². The van der Waals surface area contributed by atoms with Crippen molar-refractivity contribution in [1.29, 1.82) is 0 Å². The van der Waals surface area contributed by atoms with Crippen LogP contribution in [0, 0.1) is 13.8 Å². The summed E-state index contributed by atoms with van der Waals surface area (Å²) in [4.78, 5) is 0. The molecule has 0 aliphatic carbocycles. The number of aryl methyl sites for hydroxylation is 2. The van der Waals surface area contributed by atoms with E-state index in [-0.39, 0.29) is 0 Å². The molecule has 1 heterocycles. The van der Waals surface area contributed by atoms with Crippen LogP contribution in [0.3, 0.4) is 0 Å². The van der Waals surface area contributed by atoms with E-state index in [1.807, 2.05) is 18.2 Å². The summed E-state index contributed by atoms with van der Waals surface area (Å²) >= 11 is 0. The molecule has 3 rings (SSSR count). The van der Waals surface area contributed by atoms with Gasteiger partial charge in [0.15, 0.2) is 0 Å². The number of fused-ring (bicyclic) bond motifs is 1. The van der Waals surface area contributed by atoms with Crippen LogP contribution in [0.25, 0.3) is 22.3 Å². The minimum atomic E-state index is 0.959. The predicted molar refractivity (Wildman–Crippen MR) is 71.1 cm³/mol. The Kier molecular flexibility index (Phi) is 2.25. The van der Waals surface area contributed by atoms with E-state index in [2.05, 4.69) is 44.2 Å². The van der Waals surface area contributed by atoms with Crippen molar-refractivity contribution in [2.24, 2.45) is 0 Å². The fourth-order valence-corrected chi connectivity index (χ4v) is 2.15. The van der Waals surface area contributed by atoms with E-state index in [9.17, 15) is 0 Å². The topological polar surface area (TPSA) is 13.1 Å². The minimum Gasteiger partial charge on any atom is -0.456 e. The van der Waals surface area contributed by atoms with Crippen LogP contribution in [0.5, 0.6) is 0 Å². The summed E-state index contributed by atoms with van der Waals surface area (Å²) in [5.41, 5.74) is 4.58. The summed E-state index contributed by atoms with van der Waals surface area (Å²) < 4.78 is 5.92. The van der Waals surface area contributed by atoms with Crippen LogP contribution >= 0.6 is 0 Å². The Bertz CT molecular complexity index is 660. The largest absolute Gasteiger partial charge is 0.456 e. The van der Waals surface area contributed by atoms with Crippen LogP contribution < -0.4 is 0 Å². The van der Waals surface area contributed by atoms with Gasteiger partial charge in [-0.2, -0.15) is 0 Å². The van der Waals surface area contributed by atoms with Gasteiger partial charge in [-0.15, -0.1) is 0 Å². The van der Waals surface area contributed by atoms with Gasteiger partial charge >= 0.3 is 0 Å². The van der Waals surface area contributed by atoms with Crippen molar-refractivity contribution in [2.75, 3.05) is 0 Å². The van der Waals surface area contributed by atoms with Crippen LogP contribution in [0.15, 0.2) is 52.9 Å². The third-order valence-electron chi connectivity index (χ3n) is 3.16. The lowest BCUT2D eigenvalue weighted by Crippen LogP contribution is -1.78. The lowest BCUT2D eigenvalue weighted by Gasteiger charge is -1.99. The second-order valence-electron chi connectivity index (χ2n) is 4.42. The Morgan fingerprint density at radius 1 is 0.824 bits per heavy atom. The molecule has 0 bridgehead atoms. The standard InChI is InChI=1S/C16H14O/c1-11-7-9-13(10-8-11)16-12(2)14-5-3-4-6-15(14)17-16/h3-10H,1-2H3.